The lowest BCUT2D eigenvalue weighted by Gasteiger charge is -2.15. The van der Waals surface area contributed by atoms with E-state index in [2.05, 4.69) is 17.4 Å². The monoisotopic (exact) mass is 360 g/mol. The number of carbonyl (C=O) groups is 1. The molecule has 0 fully saturated rings. The van der Waals surface area contributed by atoms with Gasteiger partial charge in [-0.2, -0.15) is 0 Å². The highest BCUT2D eigenvalue weighted by Gasteiger charge is 2.18. The standard InChI is InChI=1S/C19H24N2O3S/c1-15(9-10-16-7-5-4-6-8-16)20-19(22)17-11-13-18(14-12-17)25(23,24)21(2)3/h4-8,11-15H,9-10H2,1-3H3,(H,20,22)/t15-/m1/s1. The second-order valence-electron chi connectivity index (χ2n) is 6.21. The topological polar surface area (TPSA) is 66.5 Å². The van der Waals surface area contributed by atoms with Crippen LogP contribution in [0.25, 0.3) is 0 Å². The zero-order valence-corrected chi connectivity index (χ0v) is 15.6. The second-order valence-corrected chi connectivity index (χ2v) is 8.36. The third-order valence-electron chi connectivity index (χ3n) is 3.98. The van der Waals surface area contributed by atoms with Gasteiger partial charge in [-0.05, 0) is 49.6 Å². The van der Waals surface area contributed by atoms with E-state index >= 15 is 0 Å². The van der Waals surface area contributed by atoms with Crippen molar-refractivity contribution in [2.45, 2.75) is 30.7 Å². The number of nitrogens with one attached hydrogen (secondary N) is 1. The first-order valence-corrected chi connectivity index (χ1v) is 9.62. The molecule has 0 unspecified atom stereocenters. The van der Waals surface area contributed by atoms with Crippen molar-refractivity contribution in [1.82, 2.24) is 9.62 Å². The summed E-state index contributed by atoms with van der Waals surface area (Å²) in [5, 5.41) is 2.95. The summed E-state index contributed by atoms with van der Waals surface area (Å²) in [5.41, 5.74) is 1.69. The van der Waals surface area contributed by atoms with Gasteiger partial charge >= 0.3 is 0 Å². The van der Waals surface area contributed by atoms with Gasteiger partial charge in [-0.15, -0.1) is 0 Å². The summed E-state index contributed by atoms with van der Waals surface area (Å²) in [4.78, 5) is 12.5. The molecule has 0 aliphatic rings. The van der Waals surface area contributed by atoms with Gasteiger partial charge in [0.2, 0.25) is 10.0 Å². The fourth-order valence-corrected chi connectivity index (χ4v) is 3.30. The molecule has 1 N–H and O–H groups in total. The highest BCUT2D eigenvalue weighted by Crippen LogP contribution is 2.14. The van der Waals surface area contributed by atoms with Crippen molar-refractivity contribution < 1.29 is 13.2 Å². The molecule has 2 rings (SSSR count). The number of hydrogen-bond donors (Lipinski definition) is 1. The Hall–Kier alpha value is -2.18. The number of rotatable bonds is 7. The Morgan fingerprint density at radius 1 is 1.04 bits per heavy atom. The normalized spacial score (nSPS) is 12.8. The Morgan fingerprint density at radius 2 is 1.64 bits per heavy atom. The van der Waals surface area contributed by atoms with Crippen LogP contribution in [0.1, 0.15) is 29.3 Å². The fourth-order valence-electron chi connectivity index (χ4n) is 2.40. The van der Waals surface area contributed by atoms with Gasteiger partial charge in [-0.1, -0.05) is 30.3 Å². The molecule has 6 heteroatoms. The lowest BCUT2D eigenvalue weighted by molar-refractivity contribution is 0.0938. The van der Waals surface area contributed by atoms with Crippen molar-refractivity contribution in [2.75, 3.05) is 14.1 Å². The van der Waals surface area contributed by atoms with Crippen molar-refractivity contribution in [1.29, 1.82) is 0 Å². The highest BCUT2D eigenvalue weighted by atomic mass is 32.2. The van der Waals surface area contributed by atoms with E-state index in [-0.39, 0.29) is 16.8 Å². The third kappa shape index (κ3) is 5.14. The number of nitrogens with zero attached hydrogens (tertiary/aromatic N) is 1. The van der Waals surface area contributed by atoms with E-state index in [0.717, 1.165) is 17.1 Å². The van der Waals surface area contributed by atoms with Crippen LogP contribution in [0.3, 0.4) is 0 Å². The first kappa shape index (κ1) is 19.1. The smallest absolute Gasteiger partial charge is 0.251 e. The lowest BCUT2D eigenvalue weighted by Crippen LogP contribution is -2.33. The molecule has 5 nitrogen and oxygen atoms in total. The Morgan fingerprint density at radius 3 is 2.20 bits per heavy atom. The van der Waals surface area contributed by atoms with Gasteiger partial charge in [0.05, 0.1) is 4.90 Å². The summed E-state index contributed by atoms with van der Waals surface area (Å²) in [6.07, 6.45) is 1.73. The molecule has 0 saturated carbocycles. The summed E-state index contributed by atoms with van der Waals surface area (Å²) in [6.45, 7) is 1.96. The predicted octanol–water partition coefficient (Wildman–Crippen LogP) is 2.69. The number of carbonyl (C=O) groups excluding carboxylic acids is 1. The van der Waals surface area contributed by atoms with E-state index in [1.807, 2.05) is 25.1 Å². The summed E-state index contributed by atoms with van der Waals surface area (Å²) in [6, 6.07) is 16.1. The maximum Gasteiger partial charge on any atom is 0.251 e. The molecule has 0 aliphatic carbocycles. The summed E-state index contributed by atoms with van der Waals surface area (Å²) in [7, 11) is -0.527. The molecule has 25 heavy (non-hydrogen) atoms. The molecule has 134 valence electrons. The van der Waals surface area contributed by atoms with Gasteiger partial charge in [0.1, 0.15) is 0 Å². The third-order valence-corrected chi connectivity index (χ3v) is 5.81. The molecule has 0 bridgehead atoms. The van der Waals surface area contributed by atoms with Gasteiger partial charge in [-0.25, -0.2) is 12.7 Å². The quantitative estimate of drug-likeness (QED) is 0.825. The number of aryl methyl sites for hydroxylation is 1. The molecule has 1 atom stereocenters. The average molecular weight is 360 g/mol. The van der Waals surface area contributed by atoms with Crippen molar-refractivity contribution in [3.8, 4) is 0 Å². The van der Waals surface area contributed by atoms with Crippen molar-refractivity contribution in [3.05, 3.63) is 65.7 Å². The molecule has 0 radical (unpaired) electrons. The first-order valence-electron chi connectivity index (χ1n) is 8.18. The van der Waals surface area contributed by atoms with E-state index in [1.54, 1.807) is 0 Å². The molecule has 0 spiro atoms. The minimum Gasteiger partial charge on any atom is -0.350 e. The van der Waals surface area contributed by atoms with Gasteiger partial charge in [0.25, 0.3) is 5.91 Å². The molecule has 0 saturated heterocycles. The maximum absolute atomic E-state index is 12.3. The van der Waals surface area contributed by atoms with E-state index < -0.39 is 10.0 Å². The first-order chi connectivity index (χ1) is 11.8. The molecule has 0 heterocycles. The zero-order chi connectivity index (χ0) is 18.4. The van der Waals surface area contributed by atoms with Gasteiger partial charge in [0.15, 0.2) is 0 Å². The van der Waals surface area contributed by atoms with Crippen LogP contribution in [0.5, 0.6) is 0 Å². The van der Waals surface area contributed by atoms with Crippen molar-refractivity contribution >= 4 is 15.9 Å². The maximum atomic E-state index is 12.3. The number of hydrogen-bond acceptors (Lipinski definition) is 3. The molecule has 2 aromatic carbocycles. The molecule has 0 aromatic heterocycles. The zero-order valence-electron chi connectivity index (χ0n) is 14.8. The van der Waals surface area contributed by atoms with Crippen molar-refractivity contribution in [2.24, 2.45) is 0 Å². The summed E-state index contributed by atoms with van der Waals surface area (Å²) in [5.74, 6) is -0.200. The lowest BCUT2D eigenvalue weighted by atomic mass is 10.1. The molecule has 0 aliphatic heterocycles. The van der Waals surface area contributed by atoms with Crippen LogP contribution in [0.2, 0.25) is 0 Å². The Bertz CT molecular complexity index is 800. The summed E-state index contributed by atoms with van der Waals surface area (Å²) >= 11 is 0. The number of sulfonamides is 1. The van der Waals surface area contributed by atoms with Gasteiger partial charge in [-0.3, -0.25) is 4.79 Å². The second kappa shape index (κ2) is 8.27. The van der Waals surface area contributed by atoms with Crippen LogP contribution < -0.4 is 5.32 Å². The Labute approximate surface area is 149 Å². The minimum absolute atomic E-state index is 0.0258. The Kier molecular flexibility index (Phi) is 6.33. The fraction of sp³-hybridized carbons (Fsp3) is 0.316. The van der Waals surface area contributed by atoms with E-state index in [0.29, 0.717) is 5.56 Å². The minimum atomic E-state index is -3.48. The van der Waals surface area contributed by atoms with E-state index in [1.165, 1.54) is 43.9 Å². The van der Waals surface area contributed by atoms with Gasteiger partial charge in [0, 0.05) is 25.7 Å². The molecular formula is C19H24N2O3S. The number of amides is 1. The van der Waals surface area contributed by atoms with Crippen LogP contribution in [0, 0.1) is 0 Å². The predicted molar refractivity (Wildman–Crippen MR) is 99.0 cm³/mol. The van der Waals surface area contributed by atoms with Crippen LogP contribution in [0.15, 0.2) is 59.5 Å². The van der Waals surface area contributed by atoms with Crippen LogP contribution in [-0.4, -0.2) is 38.8 Å². The summed E-state index contributed by atoms with van der Waals surface area (Å²) < 4.78 is 25.2. The molecule has 2 aromatic rings. The van der Waals surface area contributed by atoms with Crippen LogP contribution in [-0.2, 0) is 16.4 Å². The van der Waals surface area contributed by atoms with Crippen LogP contribution in [0.4, 0.5) is 0 Å². The van der Waals surface area contributed by atoms with Crippen LogP contribution >= 0.6 is 0 Å². The van der Waals surface area contributed by atoms with E-state index in [4.69, 9.17) is 0 Å². The largest absolute Gasteiger partial charge is 0.350 e. The molecular weight excluding hydrogens is 336 g/mol. The van der Waals surface area contributed by atoms with Crippen molar-refractivity contribution in [3.63, 3.8) is 0 Å². The van der Waals surface area contributed by atoms with E-state index in [9.17, 15) is 13.2 Å². The van der Waals surface area contributed by atoms with Gasteiger partial charge < -0.3 is 5.32 Å². The Balaban J connectivity index is 1.94. The molecule has 1 amide bonds. The number of benzene rings is 2. The SMILES string of the molecule is C[C@H](CCc1ccccc1)NC(=O)c1ccc(S(=O)(=O)N(C)C)cc1. The average Bonchev–Trinajstić information content (AvgIpc) is 2.60. The highest BCUT2D eigenvalue weighted by molar-refractivity contribution is 7.89.